The molecule has 6 nitrogen and oxygen atoms in total. The van der Waals surface area contributed by atoms with Crippen LogP contribution >= 0.6 is 0 Å². The van der Waals surface area contributed by atoms with Crippen LogP contribution in [0, 0.1) is 0 Å². The number of aromatic hydroxyl groups is 1. The zero-order valence-electron chi connectivity index (χ0n) is 12.2. The van der Waals surface area contributed by atoms with Crippen LogP contribution in [0.4, 0.5) is 0 Å². The first kappa shape index (κ1) is 13.4. The number of fused-ring (bicyclic) bond motifs is 1. The number of phenols is 1. The summed E-state index contributed by atoms with van der Waals surface area (Å²) in [6.45, 7) is 0. The van der Waals surface area contributed by atoms with Crippen molar-refractivity contribution in [2.24, 2.45) is 0 Å². The lowest BCUT2D eigenvalue weighted by molar-refractivity contribution is 0.475. The summed E-state index contributed by atoms with van der Waals surface area (Å²) in [5, 5.41) is 22.2. The summed E-state index contributed by atoms with van der Waals surface area (Å²) in [5.74, 6) is 1.42. The van der Waals surface area contributed by atoms with Gasteiger partial charge in [-0.3, -0.25) is 0 Å². The first-order valence-corrected chi connectivity index (χ1v) is 7.20. The van der Waals surface area contributed by atoms with E-state index in [1.165, 1.54) is 0 Å². The predicted molar refractivity (Wildman–Crippen MR) is 84.9 cm³/mol. The second kappa shape index (κ2) is 5.49. The molecule has 0 aliphatic heterocycles. The standard InChI is InChI=1S/C17H13N5O/c23-14-8-6-12(7-9-14)10-16-19-20-17-18-11-15(21-22(16)17)13-4-2-1-3-5-13/h1-9,11,23H,10H2. The molecule has 6 heteroatoms. The summed E-state index contributed by atoms with van der Waals surface area (Å²) in [5.41, 5.74) is 2.78. The second-order valence-electron chi connectivity index (χ2n) is 5.18. The summed E-state index contributed by atoms with van der Waals surface area (Å²) < 4.78 is 1.66. The van der Waals surface area contributed by atoms with E-state index in [9.17, 15) is 5.11 Å². The maximum absolute atomic E-state index is 9.36. The zero-order chi connectivity index (χ0) is 15.6. The molecule has 0 aliphatic rings. The molecule has 0 radical (unpaired) electrons. The molecule has 0 saturated heterocycles. The van der Waals surface area contributed by atoms with Gasteiger partial charge in [0, 0.05) is 12.0 Å². The van der Waals surface area contributed by atoms with Gasteiger partial charge in [0.25, 0.3) is 5.78 Å². The minimum atomic E-state index is 0.242. The Morgan fingerprint density at radius 1 is 0.913 bits per heavy atom. The molecule has 4 aromatic rings. The molecule has 1 N–H and O–H groups in total. The molecule has 0 amide bonds. The van der Waals surface area contributed by atoms with Crippen LogP contribution in [-0.2, 0) is 6.42 Å². The lowest BCUT2D eigenvalue weighted by Crippen LogP contribution is -2.02. The average molecular weight is 303 g/mol. The van der Waals surface area contributed by atoms with Crippen LogP contribution < -0.4 is 0 Å². The molecular formula is C17H13N5O. The minimum absolute atomic E-state index is 0.242. The molecular weight excluding hydrogens is 290 g/mol. The van der Waals surface area contributed by atoms with Crippen LogP contribution in [0.1, 0.15) is 11.4 Å². The maximum atomic E-state index is 9.36. The normalized spacial score (nSPS) is 11.0. The van der Waals surface area contributed by atoms with E-state index in [1.807, 2.05) is 42.5 Å². The Hall–Kier alpha value is -3.28. The summed E-state index contributed by atoms with van der Waals surface area (Å²) in [6.07, 6.45) is 2.26. The molecule has 0 unspecified atom stereocenters. The van der Waals surface area contributed by atoms with Gasteiger partial charge in [0.05, 0.1) is 6.20 Å². The smallest absolute Gasteiger partial charge is 0.271 e. The van der Waals surface area contributed by atoms with Crippen molar-refractivity contribution in [3.8, 4) is 17.0 Å². The van der Waals surface area contributed by atoms with E-state index in [-0.39, 0.29) is 5.75 Å². The molecule has 0 spiro atoms. The van der Waals surface area contributed by atoms with Gasteiger partial charge < -0.3 is 5.11 Å². The largest absolute Gasteiger partial charge is 0.508 e. The van der Waals surface area contributed by atoms with Gasteiger partial charge in [-0.25, -0.2) is 4.98 Å². The lowest BCUT2D eigenvalue weighted by atomic mass is 10.1. The fraction of sp³-hybridized carbons (Fsp3) is 0.0588. The van der Waals surface area contributed by atoms with Crippen molar-refractivity contribution in [3.63, 3.8) is 0 Å². The van der Waals surface area contributed by atoms with Crippen molar-refractivity contribution >= 4 is 5.78 Å². The summed E-state index contributed by atoms with van der Waals surface area (Å²) >= 11 is 0. The minimum Gasteiger partial charge on any atom is -0.508 e. The van der Waals surface area contributed by atoms with Gasteiger partial charge in [-0.1, -0.05) is 42.5 Å². The summed E-state index contributed by atoms with van der Waals surface area (Å²) in [6, 6.07) is 16.9. The second-order valence-corrected chi connectivity index (χ2v) is 5.18. The van der Waals surface area contributed by atoms with E-state index < -0.39 is 0 Å². The lowest BCUT2D eigenvalue weighted by Gasteiger charge is -2.03. The molecule has 4 rings (SSSR count). The third-order valence-electron chi connectivity index (χ3n) is 3.57. The number of hydrogen-bond acceptors (Lipinski definition) is 5. The first-order chi connectivity index (χ1) is 11.3. The van der Waals surface area contributed by atoms with Crippen molar-refractivity contribution in [3.05, 3.63) is 72.2 Å². The highest BCUT2D eigenvalue weighted by Crippen LogP contribution is 2.17. The highest BCUT2D eigenvalue weighted by atomic mass is 16.3. The number of rotatable bonds is 3. The van der Waals surface area contributed by atoms with E-state index in [4.69, 9.17) is 0 Å². The third-order valence-corrected chi connectivity index (χ3v) is 3.57. The van der Waals surface area contributed by atoms with E-state index in [1.54, 1.807) is 22.8 Å². The van der Waals surface area contributed by atoms with Crippen molar-refractivity contribution < 1.29 is 5.11 Å². The Kier molecular flexibility index (Phi) is 3.20. The van der Waals surface area contributed by atoms with Gasteiger partial charge >= 0.3 is 0 Å². The van der Waals surface area contributed by atoms with Crippen molar-refractivity contribution in [1.29, 1.82) is 0 Å². The molecule has 2 aromatic heterocycles. The van der Waals surface area contributed by atoms with Crippen LogP contribution in [0.2, 0.25) is 0 Å². The van der Waals surface area contributed by atoms with Crippen LogP contribution in [0.15, 0.2) is 60.8 Å². The number of hydrogen-bond donors (Lipinski definition) is 1. The molecule has 0 saturated carbocycles. The highest BCUT2D eigenvalue weighted by Gasteiger charge is 2.10. The number of aromatic nitrogens is 5. The highest BCUT2D eigenvalue weighted by molar-refractivity contribution is 5.57. The Morgan fingerprint density at radius 2 is 1.70 bits per heavy atom. The topological polar surface area (TPSA) is 76.2 Å². The summed E-state index contributed by atoms with van der Waals surface area (Å²) in [4.78, 5) is 4.32. The Bertz CT molecular complexity index is 948. The first-order valence-electron chi connectivity index (χ1n) is 7.20. The third kappa shape index (κ3) is 2.62. The molecule has 0 atom stereocenters. The van der Waals surface area contributed by atoms with E-state index in [2.05, 4.69) is 20.3 Å². The van der Waals surface area contributed by atoms with Gasteiger partial charge in [-0.15, -0.1) is 10.2 Å². The maximum Gasteiger partial charge on any atom is 0.271 e. The fourth-order valence-electron chi connectivity index (χ4n) is 2.39. The van der Waals surface area contributed by atoms with Crippen LogP contribution in [0.5, 0.6) is 5.75 Å². The number of nitrogens with zero attached hydrogens (tertiary/aromatic N) is 5. The Morgan fingerprint density at radius 3 is 2.48 bits per heavy atom. The van der Waals surface area contributed by atoms with E-state index in [0.717, 1.165) is 16.8 Å². The SMILES string of the molecule is Oc1ccc(Cc2nnc3ncc(-c4ccccc4)nn23)cc1. The molecule has 0 aliphatic carbocycles. The molecule has 2 heterocycles. The van der Waals surface area contributed by atoms with Gasteiger partial charge in [0.1, 0.15) is 11.4 Å². The fourth-order valence-corrected chi connectivity index (χ4v) is 2.39. The number of benzene rings is 2. The van der Waals surface area contributed by atoms with Crippen molar-refractivity contribution in [2.45, 2.75) is 6.42 Å². The van der Waals surface area contributed by atoms with Crippen LogP contribution in [0.25, 0.3) is 17.0 Å². The van der Waals surface area contributed by atoms with Crippen LogP contribution in [0.3, 0.4) is 0 Å². The summed E-state index contributed by atoms with van der Waals surface area (Å²) in [7, 11) is 0. The Labute approximate surface area is 132 Å². The average Bonchev–Trinajstić information content (AvgIpc) is 3.00. The van der Waals surface area contributed by atoms with E-state index >= 15 is 0 Å². The van der Waals surface area contributed by atoms with Crippen LogP contribution in [-0.4, -0.2) is 29.9 Å². The molecule has 0 fully saturated rings. The van der Waals surface area contributed by atoms with Crippen molar-refractivity contribution in [2.75, 3.05) is 0 Å². The molecule has 2 aromatic carbocycles. The molecule has 112 valence electrons. The zero-order valence-corrected chi connectivity index (χ0v) is 12.2. The predicted octanol–water partition coefficient (Wildman–Crippen LogP) is 2.48. The van der Waals surface area contributed by atoms with Gasteiger partial charge in [-0.2, -0.15) is 9.61 Å². The van der Waals surface area contributed by atoms with E-state index in [0.29, 0.717) is 18.0 Å². The van der Waals surface area contributed by atoms with Gasteiger partial charge in [0.2, 0.25) is 0 Å². The number of phenolic OH excluding ortho intramolecular Hbond substituents is 1. The Balaban J connectivity index is 1.74. The molecule has 23 heavy (non-hydrogen) atoms. The monoisotopic (exact) mass is 303 g/mol. The van der Waals surface area contributed by atoms with Gasteiger partial charge in [-0.05, 0) is 17.7 Å². The molecule has 0 bridgehead atoms. The van der Waals surface area contributed by atoms with Gasteiger partial charge in [0.15, 0.2) is 5.82 Å². The quantitative estimate of drug-likeness (QED) is 0.629. The van der Waals surface area contributed by atoms with Crippen molar-refractivity contribution in [1.82, 2.24) is 24.8 Å².